The Hall–Kier alpha value is -2.18. The normalized spacial score (nSPS) is 10.2. The number of anilines is 1. The minimum Gasteiger partial charge on any atom is -0.466 e. The molecule has 0 atom stereocenters. The van der Waals surface area contributed by atoms with Crippen LogP contribution in [0.2, 0.25) is 0 Å². The van der Waals surface area contributed by atoms with Gasteiger partial charge in [-0.2, -0.15) is 0 Å². The summed E-state index contributed by atoms with van der Waals surface area (Å²) >= 11 is 0. The van der Waals surface area contributed by atoms with Crippen molar-refractivity contribution >= 4 is 17.6 Å². The molecule has 0 aliphatic rings. The Morgan fingerprint density at radius 2 is 2.00 bits per heavy atom. The van der Waals surface area contributed by atoms with Gasteiger partial charge in [0, 0.05) is 13.6 Å². The van der Waals surface area contributed by atoms with Crippen LogP contribution < -0.4 is 5.73 Å². The molecule has 2 N–H and O–H groups in total. The van der Waals surface area contributed by atoms with Crippen molar-refractivity contribution in [2.45, 2.75) is 13.3 Å². The Kier molecular flexibility index (Phi) is 5.42. The van der Waals surface area contributed by atoms with Gasteiger partial charge in [0.25, 0.3) is 5.91 Å². The maximum absolute atomic E-state index is 13.7. The van der Waals surface area contributed by atoms with E-state index in [-0.39, 0.29) is 25.3 Å². The SMILES string of the molecule is CCOC(=O)CCN(C)C(=O)c1c(F)ccc(N)c1F. The third-order valence-corrected chi connectivity index (χ3v) is 2.64. The Labute approximate surface area is 115 Å². The van der Waals surface area contributed by atoms with Gasteiger partial charge in [0.05, 0.1) is 18.7 Å². The van der Waals surface area contributed by atoms with Gasteiger partial charge in [-0.05, 0) is 19.1 Å². The first kappa shape index (κ1) is 15.9. The highest BCUT2D eigenvalue weighted by Gasteiger charge is 2.23. The molecule has 1 amide bonds. The number of esters is 1. The van der Waals surface area contributed by atoms with Crippen LogP contribution in [0.3, 0.4) is 0 Å². The molecular formula is C13H16F2N2O3. The third-order valence-electron chi connectivity index (χ3n) is 2.64. The van der Waals surface area contributed by atoms with Gasteiger partial charge in [-0.15, -0.1) is 0 Å². The number of nitrogen functional groups attached to an aromatic ring is 1. The smallest absolute Gasteiger partial charge is 0.307 e. The zero-order valence-corrected chi connectivity index (χ0v) is 11.3. The average molecular weight is 286 g/mol. The molecule has 0 aliphatic heterocycles. The number of hydrogen-bond donors (Lipinski definition) is 1. The van der Waals surface area contributed by atoms with E-state index >= 15 is 0 Å². The first-order valence-electron chi connectivity index (χ1n) is 6.03. The molecule has 20 heavy (non-hydrogen) atoms. The number of halogens is 2. The van der Waals surface area contributed by atoms with E-state index in [2.05, 4.69) is 0 Å². The summed E-state index contributed by atoms with van der Waals surface area (Å²) < 4.78 is 31.9. The van der Waals surface area contributed by atoms with Gasteiger partial charge in [0.1, 0.15) is 11.4 Å². The van der Waals surface area contributed by atoms with Crippen molar-refractivity contribution in [3.8, 4) is 0 Å². The predicted octanol–water partition coefficient (Wildman–Crippen LogP) is 1.57. The molecule has 0 radical (unpaired) electrons. The maximum atomic E-state index is 13.7. The van der Waals surface area contributed by atoms with Crippen LogP contribution >= 0.6 is 0 Å². The molecule has 5 nitrogen and oxygen atoms in total. The molecule has 0 saturated heterocycles. The number of nitrogens with zero attached hydrogens (tertiary/aromatic N) is 1. The maximum Gasteiger partial charge on any atom is 0.307 e. The zero-order valence-electron chi connectivity index (χ0n) is 11.3. The quantitative estimate of drug-likeness (QED) is 0.658. The van der Waals surface area contributed by atoms with E-state index in [1.54, 1.807) is 6.92 Å². The summed E-state index contributed by atoms with van der Waals surface area (Å²) in [6.07, 6.45) is -0.0539. The second-order valence-electron chi connectivity index (χ2n) is 4.11. The van der Waals surface area contributed by atoms with E-state index in [1.807, 2.05) is 0 Å². The fraction of sp³-hybridized carbons (Fsp3) is 0.385. The first-order chi connectivity index (χ1) is 9.38. The molecule has 1 aromatic rings. The van der Waals surface area contributed by atoms with Crippen LogP contribution in [0, 0.1) is 11.6 Å². The highest BCUT2D eigenvalue weighted by Crippen LogP contribution is 2.20. The van der Waals surface area contributed by atoms with Gasteiger partial charge in [0.2, 0.25) is 0 Å². The van der Waals surface area contributed by atoms with Gasteiger partial charge in [0.15, 0.2) is 5.82 Å². The number of rotatable bonds is 5. The Balaban J connectivity index is 2.80. The summed E-state index contributed by atoms with van der Waals surface area (Å²) in [5.41, 5.74) is 4.27. The van der Waals surface area contributed by atoms with Crippen LogP contribution in [-0.4, -0.2) is 37.0 Å². The number of benzene rings is 1. The zero-order chi connectivity index (χ0) is 15.3. The molecule has 1 rings (SSSR count). The summed E-state index contributed by atoms with van der Waals surface area (Å²) in [6, 6.07) is 1.96. The predicted molar refractivity (Wildman–Crippen MR) is 69.0 cm³/mol. The van der Waals surface area contributed by atoms with Crippen molar-refractivity contribution in [2.24, 2.45) is 0 Å². The highest BCUT2D eigenvalue weighted by molar-refractivity contribution is 5.95. The minimum atomic E-state index is -1.10. The van der Waals surface area contributed by atoms with Crippen LogP contribution in [0.1, 0.15) is 23.7 Å². The van der Waals surface area contributed by atoms with E-state index in [0.29, 0.717) is 0 Å². The monoisotopic (exact) mass is 286 g/mol. The van der Waals surface area contributed by atoms with Gasteiger partial charge >= 0.3 is 5.97 Å². The van der Waals surface area contributed by atoms with E-state index in [0.717, 1.165) is 17.0 Å². The number of nitrogens with two attached hydrogens (primary N) is 1. The first-order valence-corrected chi connectivity index (χ1v) is 6.03. The van der Waals surface area contributed by atoms with E-state index in [1.165, 1.54) is 7.05 Å². The molecule has 0 unspecified atom stereocenters. The van der Waals surface area contributed by atoms with Crippen LogP contribution in [0.4, 0.5) is 14.5 Å². The lowest BCUT2D eigenvalue weighted by molar-refractivity contribution is -0.143. The standard InChI is InChI=1S/C13H16F2N2O3/c1-3-20-10(18)6-7-17(2)13(19)11-8(14)4-5-9(16)12(11)15/h4-5H,3,6-7,16H2,1-2H3. The fourth-order valence-corrected chi connectivity index (χ4v) is 1.55. The molecule has 0 heterocycles. The molecule has 0 spiro atoms. The van der Waals surface area contributed by atoms with Crippen LogP contribution in [-0.2, 0) is 9.53 Å². The van der Waals surface area contributed by atoms with Gasteiger partial charge < -0.3 is 15.4 Å². The summed E-state index contributed by atoms with van der Waals surface area (Å²) in [5.74, 6) is -3.46. The van der Waals surface area contributed by atoms with Crippen LogP contribution in [0.25, 0.3) is 0 Å². The second-order valence-corrected chi connectivity index (χ2v) is 4.11. The van der Waals surface area contributed by atoms with Crippen molar-refractivity contribution in [1.29, 1.82) is 0 Å². The molecule has 0 aromatic heterocycles. The molecule has 0 fully saturated rings. The Morgan fingerprint density at radius 1 is 1.35 bits per heavy atom. The lowest BCUT2D eigenvalue weighted by Gasteiger charge is -2.17. The van der Waals surface area contributed by atoms with Crippen molar-refractivity contribution in [1.82, 2.24) is 4.90 Å². The lowest BCUT2D eigenvalue weighted by Crippen LogP contribution is -2.31. The second kappa shape index (κ2) is 6.83. The molecule has 7 heteroatoms. The molecule has 0 aliphatic carbocycles. The Bertz CT molecular complexity index is 521. The lowest BCUT2D eigenvalue weighted by atomic mass is 10.1. The van der Waals surface area contributed by atoms with Crippen molar-refractivity contribution in [2.75, 3.05) is 25.9 Å². The summed E-state index contributed by atoms with van der Waals surface area (Å²) in [6.45, 7) is 1.88. The number of carbonyl (C=O) groups is 2. The largest absolute Gasteiger partial charge is 0.466 e. The van der Waals surface area contributed by atoms with Gasteiger partial charge in [-0.1, -0.05) is 0 Å². The average Bonchev–Trinajstić information content (AvgIpc) is 2.41. The summed E-state index contributed by atoms with van der Waals surface area (Å²) in [7, 11) is 1.34. The van der Waals surface area contributed by atoms with E-state index in [4.69, 9.17) is 10.5 Å². The molecular weight excluding hydrogens is 270 g/mol. The number of ether oxygens (including phenoxy) is 1. The number of amides is 1. The van der Waals surface area contributed by atoms with E-state index < -0.39 is 29.1 Å². The van der Waals surface area contributed by atoms with Crippen molar-refractivity contribution in [3.63, 3.8) is 0 Å². The van der Waals surface area contributed by atoms with Gasteiger partial charge in [-0.3, -0.25) is 9.59 Å². The van der Waals surface area contributed by atoms with Crippen molar-refractivity contribution in [3.05, 3.63) is 29.3 Å². The number of carbonyl (C=O) groups excluding carboxylic acids is 2. The topological polar surface area (TPSA) is 72.6 Å². The Morgan fingerprint density at radius 3 is 2.60 bits per heavy atom. The summed E-state index contributed by atoms with van der Waals surface area (Å²) in [5, 5.41) is 0. The summed E-state index contributed by atoms with van der Waals surface area (Å²) in [4.78, 5) is 24.2. The molecule has 110 valence electrons. The van der Waals surface area contributed by atoms with Gasteiger partial charge in [-0.25, -0.2) is 8.78 Å². The third kappa shape index (κ3) is 3.66. The van der Waals surface area contributed by atoms with Crippen molar-refractivity contribution < 1.29 is 23.1 Å². The fourth-order valence-electron chi connectivity index (χ4n) is 1.55. The van der Waals surface area contributed by atoms with E-state index in [9.17, 15) is 18.4 Å². The minimum absolute atomic E-state index is 0.00859. The molecule has 0 saturated carbocycles. The molecule has 0 bridgehead atoms. The number of hydrogen-bond acceptors (Lipinski definition) is 4. The van der Waals surface area contributed by atoms with Crippen LogP contribution in [0.5, 0.6) is 0 Å². The molecule has 1 aromatic carbocycles. The highest BCUT2D eigenvalue weighted by atomic mass is 19.1. The van der Waals surface area contributed by atoms with Crippen LogP contribution in [0.15, 0.2) is 12.1 Å².